The van der Waals surface area contributed by atoms with E-state index < -0.39 is 0 Å². The van der Waals surface area contributed by atoms with Gasteiger partial charge in [0.15, 0.2) is 0 Å². The van der Waals surface area contributed by atoms with Gasteiger partial charge in [-0.25, -0.2) is 0 Å². The van der Waals surface area contributed by atoms with Crippen LogP contribution >= 0.6 is 0 Å². The predicted molar refractivity (Wildman–Crippen MR) is 97.2 cm³/mol. The highest BCUT2D eigenvalue weighted by molar-refractivity contribution is 5.28. The van der Waals surface area contributed by atoms with E-state index in [0.29, 0.717) is 5.41 Å². The number of nitrogens with one attached hydrogen (secondary N) is 1. The molecule has 0 saturated carbocycles. The van der Waals surface area contributed by atoms with Crippen molar-refractivity contribution < 1.29 is 0 Å². The monoisotopic (exact) mass is 302 g/mol. The quantitative estimate of drug-likeness (QED) is 0.761. The molecular weight excluding hydrogens is 268 g/mol. The summed E-state index contributed by atoms with van der Waals surface area (Å²) in [4.78, 5) is 2.67. The van der Waals surface area contributed by atoms with Gasteiger partial charge in [-0.3, -0.25) is 0 Å². The maximum atomic E-state index is 3.96. The van der Waals surface area contributed by atoms with E-state index in [1.165, 1.54) is 76.0 Å². The van der Waals surface area contributed by atoms with Crippen molar-refractivity contribution in [3.05, 3.63) is 35.5 Å². The average Bonchev–Trinajstić information content (AvgIpc) is 2.49. The second-order valence-corrected chi connectivity index (χ2v) is 7.55. The summed E-state index contributed by atoms with van der Waals surface area (Å²) in [6.07, 6.45) is 11.2. The highest BCUT2D eigenvalue weighted by atomic mass is 15.1. The van der Waals surface area contributed by atoms with Crippen LogP contribution in [0.5, 0.6) is 0 Å². The molecule has 0 radical (unpaired) electrons. The van der Waals surface area contributed by atoms with Crippen molar-refractivity contribution in [2.75, 3.05) is 32.7 Å². The van der Waals surface area contributed by atoms with Crippen molar-refractivity contribution in [2.24, 2.45) is 5.41 Å². The molecule has 0 aromatic rings. The van der Waals surface area contributed by atoms with Gasteiger partial charge in [-0.2, -0.15) is 0 Å². The molecule has 2 nitrogen and oxygen atoms in total. The van der Waals surface area contributed by atoms with Crippen LogP contribution in [-0.4, -0.2) is 37.6 Å². The van der Waals surface area contributed by atoms with E-state index in [1.54, 1.807) is 0 Å². The Morgan fingerprint density at radius 3 is 2.23 bits per heavy atom. The molecule has 2 heteroatoms. The molecule has 0 aromatic heterocycles. The number of nitrogens with zero attached hydrogens (tertiary/aromatic N) is 1. The minimum atomic E-state index is 0.668. The highest BCUT2D eigenvalue weighted by Crippen LogP contribution is 2.39. The summed E-state index contributed by atoms with van der Waals surface area (Å²) in [6.45, 7) is 16.7. The Balaban J connectivity index is 1.80. The maximum Gasteiger partial charge on any atom is 0.00218 e. The molecule has 124 valence electrons. The fourth-order valence-electron chi connectivity index (χ4n) is 3.73. The molecule has 2 aliphatic heterocycles. The van der Waals surface area contributed by atoms with Crippen LogP contribution in [0.2, 0.25) is 0 Å². The van der Waals surface area contributed by atoms with E-state index in [9.17, 15) is 0 Å². The molecule has 2 fully saturated rings. The Labute approximate surface area is 137 Å². The lowest BCUT2D eigenvalue weighted by molar-refractivity contribution is 0.0747. The van der Waals surface area contributed by atoms with Crippen molar-refractivity contribution in [3.63, 3.8) is 0 Å². The topological polar surface area (TPSA) is 15.3 Å². The van der Waals surface area contributed by atoms with Crippen molar-refractivity contribution in [1.29, 1.82) is 0 Å². The molecule has 0 unspecified atom stereocenters. The lowest BCUT2D eigenvalue weighted by Gasteiger charge is -2.44. The number of hydrogen-bond donors (Lipinski definition) is 1. The lowest BCUT2D eigenvalue weighted by atomic mass is 9.71. The van der Waals surface area contributed by atoms with E-state index in [2.05, 4.69) is 49.7 Å². The Kier molecular flexibility index (Phi) is 6.46. The van der Waals surface area contributed by atoms with E-state index in [4.69, 9.17) is 0 Å². The molecule has 1 N–H and O–H groups in total. The number of piperidine rings is 2. The standard InChI is InChI=1S/C20H34N2/c1-17(2)5-6-19(18(3)4)7-14-22-15-10-20(11-16-22)8-12-21-13-9-20/h5-6,21H,1,7-16H2,2-4H3/b6-5-. The molecule has 0 aromatic carbocycles. The largest absolute Gasteiger partial charge is 0.317 e. The van der Waals surface area contributed by atoms with Crippen LogP contribution in [0.25, 0.3) is 0 Å². The third-order valence-electron chi connectivity index (χ3n) is 5.49. The van der Waals surface area contributed by atoms with Gasteiger partial charge < -0.3 is 10.2 Å². The minimum absolute atomic E-state index is 0.668. The Bertz CT molecular complexity index is 425. The van der Waals surface area contributed by atoms with Crippen LogP contribution in [0, 0.1) is 5.41 Å². The fourth-order valence-corrected chi connectivity index (χ4v) is 3.73. The summed E-state index contributed by atoms with van der Waals surface area (Å²) in [6, 6.07) is 0. The first kappa shape index (κ1) is 17.5. The SMILES string of the molecule is C=C(C)/C=C\C(CCN1CCC2(CCNCC2)CC1)=C(C)C. The zero-order valence-electron chi connectivity index (χ0n) is 14.9. The summed E-state index contributed by atoms with van der Waals surface area (Å²) in [7, 11) is 0. The number of rotatable bonds is 5. The highest BCUT2D eigenvalue weighted by Gasteiger charge is 2.35. The normalized spacial score (nSPS) is 22.1. The molecule has 0 atom stereocenters. The zero-order valence-corrected chi connectivity index (χ0v) is 14.9. The molecular formula is C20H34N2. The molecule has 0 aliphatic carbocycles. The molecule has 2 heterocycles. The summed E-state index contributed by atoms with van der Waals surface area (Å²) >= 11 is 0. The van der Waals surface area contributed by atoms with Crippen LogP contribution in [0.4, 0.5) is 0 Å². The van der Waals surface area contributed by atoms with Gasteiger partial charge in [-0.05, 0) is 90.0 Å². The van der Waals surface area contributed by atoms with Crippen LogP contribution in [0.3, 0.4) is 0 Å². The first-order chi connectivity index (χ1) is 10.5. The summed E-state index contributed by atoms with van der Waals surface area (Å²) in [5, 5.41) is 3.51. The smallest absolute Gasteiger partial charge is 0.00218 e. The van der Waals surface area contributed by atoms with Crippen molar-refractivity contribution in [2.45, 2.75) is 52.9 Å². The molecule has 0 amide bonds. The predicted octanol–water partition coefficient (Wildman–Crippen LogP) is 4.31. The van der Waals surface area contributed by atoms with Crippen LogP contribution in [0.15, 0.2) is 35.5 Å². The van der Waals surface area contributed by atoms with Crippen molar-refractivity contribution in [3.8, 4) is 0 Å². The van der Waals surface area contributed by atoms with Crippen LogP contribution in [0.1, 0.15) is 52.9 Å². The summed E-state index contributed by atoms with van der Waals surface area (Å²) in [5.74, 6) is 0. The Morgan fingerprint density at radius 2 is 1.68 bits per heavy atom. The third kappa shape index (κ3) is 5.10. The lowest BCUT2D eigenvalue weighted by Crippen LogP contribution is -2.45. The first-order valence-electron chi connectivity index (χ1n) is 8.94. The molecule has 22 heavy (non-hydrogen) atoms. The second kappa shape index (κ2) is 8.12. The average molecular weight is 303 g/mol. The number of hydrogen-bond acceptors (Lipinski definition) is 2. The number of likely N-dealkylation sites (tertiary alicyclic amines) is 1. The van der Waals surface area contributed by atoms with E-state index in [-0.39, 0.29) is 0 Å². The van der Waals surface area contributed by atoms with Gasteiger partial charge >= 0.3 is 0 Å². The summed E-state index contributed by atoms with van der Waals surface area (Å²) in [5.41, 5.74) is 4.71. The Hall–Kier alpha value is -0.860. The maximum absolute atomic E-state index is 3.96. The van der Waals surface area contributed by atoms with E-state index in [0.717, 1.165) is 5.57 Å². The van der Waals surface area contributed by atoms with Crippen molar-refractivity contribution >= 4 is 0 Å². The Morgan fingerprint density at radius 1 is 1.05 bits per heavy atom. The second-order valence-electron chi connectivity index (χ2n) is 7.55. The van der Waals surface area contributed by atoms with Crippen LogP contribution in [-0.2, 0) is 0 Å². The number of allylic oxidation sites excluding steroid dienone is 4. The zero-order chi connectivity index (χ0) is 16.0. The third-order valence-corrected chi connectivity index (χ3v) is 5.49. The van der Waals surface area contributed by atoms with E-state index in [1.807, 2.05) is 0 Å². The molecule has 0 bridgehead atoms. The first-order valence-corrected chi connectivity index (χ1v) is 8.94. The van der Waals surface area contributed by atoms with Gasteiger partial charge in [-0.15, -0.1) is 0 Å². The summed E-state index contributed by atoms with van der Waals surface area (Å²) < 4.78 is 0. The molecule has 1 spiro atoms. The fraction of sp³-hybridized carbons (Fsp3) is 0.700. The molecule has 2 saturated heterocycles. The van der Waals surface area contributed by atoms with Gasteiger partial charge in [-0.1, -0.05) is 29.9 Å². The van der Waals surface area contributed by atoms with E-state index >= 15 is 0 Å². The van der Waals surface area contributed by atoms with Gasteiger partial charge in [0.25, 0.3) is 0 Å². The van der Waals surface area contributed by atoms with Crippen LogP contribution < -0.4 is 5.32 Å². The van der Waals surface area contributed by atoms with Crippen molar-refractivity contribution in [1.82, 2.24) is 10.2 Å². The van der Waals surface area contributed by atoms with Gasteiger partial charge in [0.2, 0.25) is 0 Å². The molecule has 2 rings (SSSR count). The van der Waals surface area contributed by atoms with Gasteiger partial charge in [0, 0.05) is 6.54 Å². The minimum Gasteiger partial charge on any atom is -0.317 e. The van der Waals surface area contributed by atoms with Gasteiger partial charge in [0.1, 0.15) is 0 Å². The molecule has 2 aliphatic rings. The van der Waals surface area contributed by atoms with Gasteiger partial charge in [0.05, 0.1) is 0 Å².